The third-order valence-corrected chi connectivity index (χ3v) is 7.39. The van der Waals surface area contributed by atoms with Crippen LogP contribution in [-0.2, 0) is 14.3 Å². The number of aliphatic hydroxyl groups excluding tert-OH is 2. The van der Waals surface area contributed by atoms with Crippen molar-refractivity contribution in [1.29, 1.82) is 0 Å². The maximum atomic E-state index is 15.2. The number of unbranched alkanes of at least 4 members (excludes halogenated alkanes) is 1. The molecule has 2 fully saturated rings. The van der Waals surface area contributed by atoms with Crippen LogP contribution in [-0.4, -0.2) is 63.7 Å². The van der Waals surface area contributed by atoms with E-state index in [0.717, 1.165) is 6.08 Å². The Bertz CT molecular complexity index is 591. The number of carbonyl (C=O) groups is 1. The highest BCUT2D eigenvalue weighted by Crippen LogP contribution is 2.47. The van der Waals surface area contributed by atoms with E-state index in [1.165, 1.54) is 13.2 Å². The van der Waals surface area contributed by atoms with Crippen molar-refractivity contribution in [2.24, 2.45) is 11.8 Å². The molecule has 2 rings (SSSR count). The van der Waals surface area contributed by atoms with Gasteiger partial charge in [0.1, 0.15) is 18.4 Å². The summed E-state index contributed by atoms with van der Waals surface area (Å²) in [4.78, 5) is 11.2. The number of ether oxygens (including phenoxy) is 2. The van der Waals surface area contributed by atoms with Crippen LogP contribution in [0.1, 0.15) is 51.9 Å². The number of hydrogen-bond donors (Lipinski definition) is 2. The summed E-state index contributed by atoms with van der Waals surface area (Å²) in [7, 11) is 1.32. The van der Waals surface area contributed by atoms with Gasteiger partial charge in [0.25, 0.3) is 5.92 Å². The number of alkyl halides is 4. The Morgan fingerprint density at radius 3 is 2.73 bits per heavy atom. The van der Waals surface area contributed by atoms with Crippen molar-refractivity contribution in [3.05, 3.63) is 12.2 Å². The zero-order chi connectivity index (χ0) is 22.5. The van der Waals surface area contributed by atoms with Gasteiger partial charge in [-0.2, -0.15) is 0 Å². The summed E-state index contributed by atoms with van der Waals surface area (Å²) in [6.07, 6.45) is -1.03. The summed E-state index contributed by atoms with van der Waals surface area (Å²) < 4.78 is 53.5. The van der Waals surface area contributed by atoms with E-state index in [2.05, 4.69) is 27.3 Å². The van der Waals surface area contributed by atoms with Crippen LogP contribution in [0.15, 0.2) is 12.2 Å². The van der Waals surface area contributed by atoms with Gasteiger partial charge in [0.05, 0.1) is 19.3 Å². The molecule has 0 radical (unpaired) electrons. The van der Waals surface area contributed by atoms with Gasteiger partial charge in [-0.05, 0) is 19.3 Å². The average Bonchev–Trinajstić information content (AvgIpc) is 3.19. The highest BCUT2D eigenvalue weighted by Gasteiger charge is 2.56. The maximum absolute atomic E-state index is 15.2. The lowest BCUT2D eigenvalue weighted by Gasteiger charge is -2.25. The fourth-order valence-corrected chi connectivity index (χ4v) is 5.31. The normalized spacial score (nSPS) is 33.6. The molecule has 0 spiro atoms. The molecule has 0 bridgehead atoms. The van der Waals surface area contributed by atoms with Crippen molar-refractivity contribution in [2.75, 3.05) is 7.11 Å². The lowest BCUT2D eigenvalue weighted by Crippen LogP contribution is -2.35. The van der Waals surface area contributed by atoms with E-state index in [1.807, 2.05) is 0 Å². The van der Waals surface area contributed by atoms with Crippen LogP contribution in [0.3, 0.4) is 0 Å². The molecule has 1 aliphatic heterocycles. The standard InChI is InChI=1S/C21H32F3IO5/c1-3-4-10-21(23,24)16(27)9-8-12-14(26)11-15-18(12)19(22)20(30-15)13(25)6-5-7-17(28)29-2/h8-9,12-16,18-20,26-27H,3-7,10-11H2,1-2H3/b9-8+/t12-,13?,14+,15+,16+,18+,19?,20-/m0/s1. The quantitative estimate of drug-likeness (QED) is 0.177. The van der Waals surface area contributed by atoms with Gasteiger partial charge in [0.2, 0.25) is 0 Å². The van der Waals surface area contributed by atoms with Crippen molar-refractivity contribution in [3.63, 3.8) is 0 Å². The first-order valence-electron chi connectivity index (χ1n) is 10.5. The van der Waals surface area contributed by atoms with E-state index >= 15 is 4.39 Å². The first-order valence-corrected chi connectivity index (χ1v) is 11.8. The molecule has 1 saturated carbocycles. The number of halogens is 4. The number of rotatable bonds is 11. The van der Waals surface area contributed by atoms with E-state index in [4.69, 9.17) is 4.74 Å². The average molecular weight is 548 g/mol. The Kier molecular flexibility index (Phi) is 9.89. The number of hydrogen-bond acceptors (Lipinski definition) is 5. The summed E-state index contributed by atoms with van der Waals surface area (Å²) in [6, 6.07) is 0. The third kappa shape index (κ3) is 6.32. The van der Waals surface area contributed by atoms with Gasteiger partial charge >= 0.3 is 5.97 Å². The second kappa shape index (κ2) is 11.5. The summed E-state index contributed by atoms with van der Waals surface area (Å²) in [5.41, 5.74) is 0. The van der Waals surface area contributed by atoms with Crippen LogP contribution in [0.25, 0.3) is 0 Å². The summed E-state index contributed by atoms with van der Waals surface area (Å²) >= 11 is 2.11. The molecule has 1 aliphatic carbocycles. The van der Waals surface area contributed by atoms with Crippen molar-refractivity contribution in [2.45, 2.75) is 92.3 Å². The molecule has 8 atom stereocenters. The monoisotopic (exact) mass is 548 g/mol. The van der Waals surface area contributed by atoms with Gasteiger partial charge in [-0.1, -0.05) is 48.1 Å². The molecular formula is C21H32F3IO5. The molecule has 2 aliphatic rings. The largest absolute Gasteiger partial charge is 0.469 e. The van der Waals surface area contributed by atoms with Gasteiger partial charge in [0.15, 0.2) is 0 Å². The molecule has 174 valence electrons. The zero-order valence-corrected chi connectivity index (χ0v) is 19.5. The Hall–Kier alpha value is -0.390. The van der Waals surface area contributed by atoms with E-state index in [-0.39, 0.29) is 22.7 Å². The molecule has 5 nitrogen and oxygen atoms in total. The minimum atomic E-state index is -3.26. The molecule has 0 aromatic rings. The van der Waals surface area contributed by atoms with Crippen molar-refractivity contribution < 1.29 is 37.7 Å². The van der Waals surface area contributed by atoms with Gasteiger partial charge < -0.3 is 19.7 Å². The van der Waals surface area contributed by atoms with Crippen molar-refractivity contribution in [3.8, 4) is 0 Å². The first kappa shape index (κ1) is 25.9. The Morgan fingerprint density at radius 2 is 2.10 bits per heavy atom. The van der Waals surface area contributed by atoms with Crippen LogP contribution in [0.4, 0.5) is 13.2 Å². The van der Waals surface area contributed by atoms with E-state index < -0.39 is 54.8 Å². The van der Waals surface area contributed by atoms with E-state index in [9.17, 15) is 23.8 Å². The zero-order valence-electron chi connectivity index (χ0n) is 17.4. The summed E-state index contributed by atoms with van der Waals surface area (Å²) in [6.45, 7) is 1.79. The van der Waals surface area contributed by atoms with Crippen LogP contribution in [0.2, 0.25) is 0 Å². The lowest BCUT2D eigenvalue weighted by molar-refractivity contribution is -0.140. The molecule has 0 aromatic carbocycles. The SMILES string of the molecule is CCCCC(F)(F)[C@H](O)/C=C/[C@@H]1[C@H]2C(F)[C@H](C(I)CCCC(=O)OC)O[C@@H]2C[C@H]1O. The Labute approximate surface area is 189 Å². The van der Waals surface area contributed by atoms with E-state index in [0.29, 0.717) is 25.7 Å². The van der Waals surface area contributed by atoms with E-state index in [1.54, 1.807) is 6.92 Å². The predicted molar refractivity (Wildman–Crippen MR) is 114 cm³/mol. The Balaban J connectivity index is 1.97. The number of aliphatic hydroxyl groups is 2. The molecule has 0 amide bonds. The third-order valence-electron chi connectivity index (χ3n) is 6.06. The minimum Gasteiger partial charge on any atom is -0.469 e. The predicted octanol–water partition coefficient (Wildman–Crippen LogP) is 3.98. The van der Waals surface area contributed by atoms with Gasteiger partial charge in [-0.3, -0.25) is 4.79 Å². The Morgan fingerprint density at radius 1 is 1.40 bits per heavy atom. The molecular weight excluding hydrogens is 516 g/mol. The van der Waals surface area contributed by atoms with Gasteiger partial charge in [-0.25, -0.2) is 13.2 Å². The molecule has 1 heterocycles. The first-order chi connectivity index (χ1) is 14.1. The fourth-order valence-electron chi connectivity index (χ4n) is 4.30. The second-order valence-electron chi connectivity index (χ2n) is 8.22. The number of esters is 1. The molecule has 2 N–H and O–H groups in total. The van der Waals surface area contributed by atoms with Crippen LogP contribution >= 0.6 is 22.6 Å². The highest BCUT2D eigenvalue weighted by molar-refractivity contribution is 14.1. The van der Waals surface area contributed by atoms with Gasteiger partial charge in [-0.15, -0.1) is 0 Å². The topological polar surface area (TPSA) is 76.0 Å². The molecule has 9 heteroatoms. The maximum Gasteiger partial charge on any atom is 0.305 e. The summed E-state index contributed by atoms with van der Waals surface area (Å²) in [5.74, 6) is -4.91. The lowest BCUT2D eigenvalue weighted by atomic mass is 9.87. The smallest absolute Gasteiger partial charge is 0.305 e. The fraction of sp³-hybridized carbons (Fsp3) is 0.857. The van der Waals surface area contributed by atoms with Gasteiger partial charge in [0, 0.05) is 35.0 Å². The van der Waals surface area contributed by atoms with Crippen LogP contribution < -0.4 is 0 Å². The van der Waals surface area contributed by atoms with Crippen LogP contribution in [0.5, 0.6) is 0 Å². The number of methoxy groups -OCH3 is 1. The molecule has 2 unspecified atom stereocenters. The molecule has 1 saturated heterocycles. The number of fused-ring (bicyclic) bond motifs is 1. The van der Waals surface area contributed by atoms with Crippen molar-refractivity contribution >= 4 is 28.6 Å². The highest BCUT2D eigenvalue weighted by atomic mass is 127. The number of carbonyl (C=O) groups excluding carboxylic acids is 1. The molecule has 0 aromatic heterocycles. The van der Waals surface area contributed by atoms with Crippen LogP contribution in [0, 0.1) is 11.8 Å². The summed E-state index contributed by atoms with van der Waals surface area (Å²) in [5, 5.41) is 20.2. The minimum absolute atomic E-state index is 0.168. The second-order valence-corrected chi connectivity index (χ2v) is 9.82. The van der Waals surface area contributed by atoms with Crippen molar-refractivity contribution in [1.82, 2.24) is 0 Å². The molecule has 30 heavy (non-hydrogen) atoms.